The van der Waals surface area contributed by atoms with E-state index in [1.54, 1.807) is 25.2 Å². The summed E-state index contributed by atoms with van der Waals surface area (Å²) in [6.45, 7) is 0.0290. The van der Waals surface area contributed by atoms with Crippen LogP contribution in [-0.4, -0.2) is 37.9 Å². The van der Waals surface area contributed by atoms with Crippen LogP contribution in [0.15, 0.2) is 42.6 Å². The molecular weight excluding hydrogens is 452 g/mol. The minimum atomic E-state index is -3.14. The molecule has 1 amide bonds. The zero-order valence-corrected chi connectivity index (χ0v) is 18.4. The number of para-hydroxylation sites is 1. The predicted molar refractivity (Wildman–Crippen MR) is 119 cm³/mol. The van der Waals surface area contributed by atoms with Crippen molar-refractivity contribution in [2.75, 3.05) is 28.7 Å². The van der Waals surface area contributed by atoms with E-state index in [1.807, 2.05) is 0 Å². The lowest BCUT2D eigenvalue weighted by Gasteiger charge is -2.25. The maximum atomic E-state index is 14.6. The molecule has 0 radical (unpaired) electrons. The molecule has 1 aromatic heterocycles. The van der Waals surface area contributed by atoms with Gasteiger partial charge in [0.15, 0.2) is 15.7 Å². The Hall–Kier alpha value is -3.60. The molecule has 0 bridgehead atoms. The van der Waals surface area contributed by atoms with Crippen molar-refractivity contribution in [2.45, 2.75) is 17.9 Å². The van der Waals surface area contributed by atoms with Gasteiger partial charge in [-0.15, -0.1) is 0 Å². The quantitative estimate of drug-likeness (QED) is 0.625. The molecule has 1 N–H and O–H groups in total. The third-order valence-corrected chi connectivity index (χ3v) is 7.21. The topological polar surface area (TPSA) is 95.5 Å². The molecule has 2 aromatic carbocycles. The summed E-state index contributed by atoms with van der Waals surface area (Å²) in [5, 5.41) is 3.02. The molecule has 170 valence electrons. The average Bonchev–Trinajstić information content (AvgIpc) is 3.02. The molecule has 0 saturated heterocycles. The summed E-state index contributed by atoms with van der Waals surface area (Å²) in [6.07, 6.45) is 1.44. The van der Waals surface area contributed by atoms with Crippen LogP contribution in [0.5, 0.6) is 0 Å². The molecule has 2 aliphatic heterocycles. The summed E-state index contributed by atoms with van der Waals surface area (Å²) in [5.41, 5.74) is 2.05. The molecule has 0 fully saturated rings. The first-order valence-electron chi connectivity index (χ1n) is 10.2. The van der Waals surface area contributed by atoms with Crippen molar-refractivity contribution >= 4 is 44.6 Å². The zero-order chi connectivity index (χ0) is 23.3. The number of halogens is 2. The Labute approximate surface area is 188 Å². The van der Waals surface area contributed by atoms with E-state index in [-0.39, 0.29) is 47.8 Å². The minimum absolute atomic E-state index is 0.0154. The van der Waals surface area contributed by atoms with Gasteiger partial charge in [-0.2, -0.15) is 4.98 Å². The number of carbonyl (C=O) groups is 1. The minimum Gasteiger partial charge on any atom is -0.324 e. The molecule has 0 spiro atoms. The second-order valence-electron chi connectivity index (χ2n) is 7.97. The van der Waals surface area contributed by atoms with E-state index in [9.17, 15) is 22.0 Å². The Kier molecular flexibility index (Phi) is 5.00. The van der Waals surface area contributed by atoms with Gasteiger partial charge in [0.05, 0.1) is 17.7 Å². The van der Waals surface area contributed by atoms with Crippen molar-refractivity contribution in [2.24, 2.45) is 0 Å². The number of fused-ring (bicyclic) bond motifs is 2. The highest BCUT2D eigenvalue weighted by Crippen LogP contribution is 2.38. The lowest BCUT2D eigenvalue weighted by Crippen LogP contribution is -2.25. The predicted octanol–water partition coefficient (Wildman–Crippen LogP) is 3.43. The molecule has 0 atom stereocenters. The highest BCUT2D eigenvalue weighted by molar-refractivity contribution is 7.90. The number of anilines is 5. The molecule has 33 heavy (non-hydrogen) atoms. The van der Waals surface area contributed by atoms with Crippen molar-refractivity contribution in [1.29, 1.82) is 0 Å². The number of hydrogen-bond acceptors (Lipinski definition) is 7. The molecule has 2 aliphatic rings. The van der Waals surface area contributed by atoms with E-state index in [0.717, 1.165) is 17.7 Å². The second kappa shape index (κ2) is 7.77. The van der Waals surface area contributed by atoms with Crippen LogP contribution in [0.25, 0.3) is 0 Å². The molecule has 11 heteroatoms. The lowest BCUT2D eigenvalue weighted by atomic mass is 10.1. The standard InChI is InChI=1S/C22H19F2N5O3S/c1-28-18-10-25-22(26-15-6-5-13-11-33(31,32)12-14(13)9-15)27-21(18)29(8-7-19(28)30)20-16(23)3-2-4-17(20)24/h2-6,9-10H,7-8,11-12H2,1H3,(H,25,26,27). The van der Waals surface area contributed by atoms with Crippen LogP contribution in [0, 0.1) is 11.6 Å². The molecule has 0 aliphatic carbocycles. The summed E-state index contributed by atoms with van der Waals surface area (Å²) in [6, 6.07) is 8.74. The third-order valence-electron chi connectivity index (χ3n) is 5.71. The number of hydrogen-bond donors (Lipinski definition) is 1. The molecule has 3 aromatic rings. The van der Waals surface area contributed by atoms with Gasteiger partial charge in [-0.25, -0.2) is 22.2 Å². The summed E-state index contributed by atoms with van der Waals surface area (Å²) >= 11 is 0. The first-order valence-corrected chi connectivity index (χ1v) is 12.0. The van der Waals surface area contributed by atoms with Gasteiger partial charge in [-0.1, -0.05) is 12.1 Å². The Morgan fingerprint density at radius 3 is 2.55 bits per heavy atom. The van der Waals surface area contributed by atoms with Gasteiger partial charge in [-0.05, 0) is 35.4 Å². The molecule has 5 rings (SSSR count). The van der Waals surface area contributed by atoms with Gasteiger partial charge in [0.1, 0.15) is 23.0 Å². The third kappa shape index (κ3) is 3.88. The van der Waals surface area contributed by atoms with Crippen molar-refractivity contribution in [3.8, 4) is 0 Å². The number of amides is 1. The van der Waals surface area contributed by atoms with Gasteiger partial charge in [-0.3, -0.25) is 4.79 Å². The van der Waals surface area contributed by atoms with Crippen molar-refractivity contribution in [1.82, 2.24) is 9.97 Å². The van der Waals surface area contributed by atoms with E-state index in [4.69, 9.17) is 0 Å². The molecule has 0 unspecified atom stereocenters. The van der Waals surface area contributed by atoms with Crippen LogP contribution < -0.4 is 15.1 Å². The lowest BCUT2D eigenvalue weighted by molar-refractivity contribution is -0.118. The van der Waals surface area contributed by atoms with Crippen molar-refractivity contribution in [3.05, 3.63) is 65.4 Å². The highest BCUT2D eigenvalue weighted by Gasteiger charge is 2.30. The second-order valence-corrected chi connectivity index (χ2v) is 10.0. The fraction of sp³-hybridized carbons (Fsp3) is 0.227. The zero-order valence-electron chi connectivity index (χ0n) is 17.5. The number of sulfone groups is 1. The summed E-state index contributed by atoms with van der Waals surface area (Å²) in [5.74, 6) is -1.48. The Morgan fingerprint density at radius 1 is 1.06 bits per heavy atom. The molecule has 3 heterocycles. The molecule has 0 saturated carbocycles. The van der Waals surface area contributed by atoms with E-state index in [2.05, 4.69) is 15.3 Å². The molecular formula is C22H19F2N5O3S. The summed E-state index contributed by atoms with van der Waals surface area (Å²) in [4.78, 5) is 23.9. The van der Waals surface area contributed by atoms with Crippen LogP contribution in [-0.2, 0) is 26.1 Å². The van der Waals surface area contributed by atoms with Crippen molar-refractivity contribution < 1.29 is 22.0 Å². The SMILES string of the molecule is CN1C(=O)CCN(c2c(F)cccc2F)c2nc(Nc3ccc4c(c3)CS(=O)(=O)C4)ncc21. The van der Waals surface area contributed by atoms with E-state index in [1.165, 1.54) is 22.1 Å². The van der Waals surface area contributed by atoms with Crippen LogP contribution in [0.1, 0.15) is 17.5 Å². The maximum Gasteiger partial charge on any atom is 0.229 e. The van der Waals surface area contributed by atoms with Gasteiger partial charge < -0.3 is 15.1 Å². The number of rotatable bonds is 3. The normalized spacial score (nSPS) is 16.9. The Balaban J connectivity index is 1.55. The number of benzene rings is 2. The first-order chi connectivity index (χ1) is 15.7. The van der Waals surface area contributed by atoms with Crippen LogP contribution >= 0.6 is 0 Å². The van der Waals surface area contributed by atoms with E-state index >= 15 is 0 Å². The average molecular weight is 471 g/mol. The van der Waals surface area contributed by atoms with Gasteiger partial charge in [0.25, 0.3) is 0 Å². The fourth-order valence-electron chi connectivity index (χ4n) is 4.07. The highest BCUT2D eigenvalue weighted by atomic mass is 32.2. The largest absolute Gasteiger partial charge is 0.324 e. The molecule has 8 nitrogen and oxygen atoms in total. The van der Waals surface area contributed by atoms with Crippen LogP contribution in [0.2, 0.25) is 0 Å². The van der Waals surface area contributed by atoms with Gasteiger partial charge in [0.2, 0.25) is 11.9 Å². The van der Waals surface area contributed by atoms with Gasteiger partial charge >= 0.3 is 0 Å². The monoisotopic (exact) mass is 471 g/mol. The summed E-state index contributed by atoms with van der Waals surface area (Å²) < 4.78 is 53.0. The van der Waals surface area contributed by atoms with Crippen molar-refractivity contribution in [3.63, 3.8) is 0 Å². The number of carbonyl (C=O) groups excluding carboxylic acids is 1. The van der Waals surface area contributed by atoms with Crippen LogP contribution in [0.3, 0.4) is 0 Å². The first kappa shape index (κ1) is 21.3. The number of aromatic nitrogens is 2. The number of nitrogens with zero attached hydrogens (tertiary/aromatic N) is 4. The Morgan fingerprint density at radius 2 is 1.79 bits per heavy atom. The number of nitrogens with one attached hydrogen (secondary N) is 1. The van der Waals surface area contributed by atoms with Crippen LogP contribution in [0.4, 0.5) is 37.6 Å². The van der Waals surface area contributed by atoms with E-state index < -0.39 is 21.5 Å². The smallest absolute Gasteiger partial charge is 0.229 e. The van der Waals surface area contributed by atoms with Gasteiger partial charge in [0, 0.05) is 25.7 Å². The summed E-state index contributed by atoms with van der Waals surface area (Å²) in [7, 11) is -1.59. The van der Waals surface area contributed by atoms with E-state index in [0.29, 0.717) is 16.9 Å². The fourth-order valence-corrected chi connectivity index (χ4v) is 5.67. The maximum absolute atomic E-state index is 14.6. The Bertz CT molecular complexity index is 1380.